The largest absolute Gasteiger partial charge is 0.467 e. The van der Waals surface area contributed by atoms with Crippen molar-refractivity contribution < 1.29 is 9.21 Å². The molecule has 0 saturated carbocycles. The molecule has 0 spiro atoms. The SMILES string of the molecule is CCNC(=NCc1ccc(C(=O)N(C)C)cc1)NCc1ccco1. The predicted molar refractivity (Wildman–Crippen MR) is 94.8 cm³/mol. The van der Waals surface area contributed by atoms with Crippen molar-refractivity contribution in [1.29, 1.82) is 0 Å². The lowest BCUT2D eigenvalue weighted by Crippen LogP contribution is -2.36. The number of carbonyl (C=O) groups is 1. The number of benzene rings is 1. The van der Waals surface area contributed by atoms with Crippen LogP contribution in [0, 0.1) is 0 Å². The first-order valence-electron chi connectivity index (χ1n) is 7.95. The average molecular weight is 328 g/mol. The monoisotopic (exact) mass is 328 g/mol. The zero-order valence-corrected chi connectivity index (χ0v) is 14.4. The topological polar surface area (TPSA) is 69.9 Å². The highest BCUT2D eigenvalue weighted by atomic mass is 16.3. The summed E-state index contributed by atoms with van der Waals surface area (Å²) in [6.07, 6.45) is 1.65. The number of carbonyl (C=O) groups excluding carboxylic acids is 1. The van der Waals surface area contributed by atoms with E-state index in [1.54, 1.807) is 25.3 Å². The van der Waals surface area contributed by atoms with Crippen molar-refractivity contribution in [2.24, 2.45) is 4.99 Å². The van der Waals surface area contributed by atoms with Gasteiger partial charge in [-0.15, -0.1) is 0 Å². The zero-order valence-electron chi connectivity index (χ0n) is 14.4. The summed E-state index contributed by atoms with van der Waals surface area (Å²) in [6.45, 7) is 3.91. The number of hydrogen-bond donors (Lipinski definition) is 2. The van der Waals surface area contributed by atoms with E-state index in [1.165, 1.54) is 0 Å². The van der Waals surface area contributed by atoms with Gasteiger partial charge in [-0.2, -0.15) is 0 Å². The lowest BCUT2D eigenvalue weighted by molar-refractivity contribution is 0.0827. The number of amides is 1. The molecule has 0 bridgehead atoms. The lowest BCUT2D eigenvalue weighted by atomic mass is 10.1. The number of furan rings is 1. The second kappa shape index (κ2) is 8.76. The Morgan fingerprint density at radius 2 is 1.92 bits per heavy atom. The normalized spacial score (nSPS) is 11.2. The van der Waals surface area contributed by atoms with Crippen molar-refractivity contribution in [2.75, 3.05) is 20.6 Å². The van der Waals surface area contributed by atoms with Crippen LogP contribution in [0.2, 0.25) is 0 Å². The molecule has 128 valence electrons. The van der Waals surface area contributed by atoms with Crippen LogP contribution in [0.5, 0.6) is 0 Å². The van der Waals surface area contributed by atoms with E-state index in [-0.39, 0.29) is 5.91 Å². The summed E-state index contributed by atoms with van der Waals surface area (Å²) in [5, 5.41) is 6.42. The molecular formula is C18H24N4O2. The molecule has 6 heteroatoms. The fraction of sp³-hybridized carbons (Fsp3) is 0.333. The van der Waals surface area contributed by atoms with Crippen LogP contribution in [0.1, 0.15) is 28.6 Å². The van der Waals surface area contributed by atoms with Gasteiger partial charge < -0.3 is 20.0 Å². The minimum atomic E-state index is -0.00138. The number of nitrogens with zero attached hydrogens (tertiary/aromatic N) is 2. The van der Waals surface area contributed by atoms with E-state index in [9.17, 15) is 4.79 Å². The number of rotatable bonds is 6. The maximum atomic E-state index is 11.9. The van der Waals surface area contributed by atoms with E-state index < -0.39 is 0 Å². The van der Waals surface area contributed by atoms with Crippen molar-refractivity contribution >= 4 is 11.9 Å². The molecule has 1 heterocycles. The highest BCUT2D eigenvalue weighted by Crippen LogP contribution is 2.07. The molecule has 0 atom stereocenters. The summed E-state index contributed by atoms with van der Waals surface area (Å²) in [5.74, 6) is 1.58. The zero-order chi connectivity index (χ0) is 17.4. The first kappa shape index (κ1) is 17.6. The third-order valence-corrected chi connectivity index (χ3v) is 3.38. The highest BCUT2D eigenvalue weighted by Gasteiger charge is 2.07. The summed E-state index contributed by atoms with van der Waals surface area (Å²) >= 11 is 0. The van der Waals surface area contributed by atoms with Crippen molar-refractivity contribution in [3.05, 3.63) is 59.5 Å². The number of nitrogens with one attached hydrogen (secondary N) is 2. The smallest absolute Gasteiger partial charge is 0.253 e. The second-order valence-corrected chi connectivity index (χ2v) is 5.52. The van der Waals surface area contributed by atoms with Crippen LogP contribution in [-0.4, -0.2) is 37.4 Å². The third-order valence-electron chi connectivity index (χ3n) is 3.38. The number of aliphatic imine (C=N–C) groups is 1. The van der Waals surface area contributed by atoms with E-state index in [0.29, 0.717) is 18.7 Å². The average Bonchev–Trinajstić information content (AvgIpc) is 3.10. The van der Waals surface area contributed by atoms with E-state index >= 15 is 0 Å². The van der Waals surface area contributed by atoms with Crippen molar-refractivity contribution in [3.63, 3.8) is 0 Å². The summed E-state index contributed by atoms with van der Waals surface area (Å²) < 4.78 is 5.30. The Bertz CT molecular complexity index is 661. The second-order valence-electron chi connectivity index (χ2n) is 5.52. The summed E-state index contributed by atoms with van der Waals surface area (Å²) in [6, 6.07) is 11.3. The predicted octanol–water partition coefficient (Wildman–Crippen LogP) is 2.24. The van der Waals surface area contributed by atoms with Gasteiger partial charge in [0.2, 0.25) is 0 Å². The maximum Gasteiger partial charge on any atom is 0.253 e. The van der Waals surface area contributed by atoms with Gasteiger partial charge in [-0.05, 0) is 36.8 Å². The molecule has 0 aliphatic rings. The van der Waals surface area contributed by atoms with Gasteiger partial charge in [-0.25, -0.2) is 4.99 Å². The lowest BCUT2D eigenvalue weighted by Gasteiger charge is -2.11. The van der Waals surface area contributed by atoms with Crippen LogP contribution >= 0.6 is 0 Å². The van der Waals surface area contributed by atoms with Gasteiger partial charge in [0.1, 0.15) is 5.76 Å². The molecule has 6 nitrogen and oxygen atoms in total. The summed E-state index contributed by atoms with van der Waals surface area (Å²) in [5.41, 5.74) is 1.72. The molecule has 0 aliphatic heterocycles. The molecule has 2 rings (SSSR count). The van der Waals surface area contributed by atoms with Crippen LogP contribution in [0.25, 0.3) is 0 Å². The summed E-state index contributed by atoms with van der Waals surface area (Å²) in [4.78, 5) is 18.0. The standard InChI is InChI=1S/C18H24N4O2/c1-4-19-18(21-13-16-6-5-11-24-16)20-12-14-7-9-15(10-8-14)17(23)22(2)3/h5-11H,4,12-13H2,1-3H3,(H2,19,20,21). The first-order chi connectivity index (χ1) is 11.6. The Hall–Kier alpha value is -2.76. The van der Waals surface area contributed by atoms with E-state index in [1.807, 2.05) is 43.3 Å². The van der Waals surface area contributed by atoms with Gasteiger partial charge in [0.15, 0.2) is 5.96 Å². The molecule has 0 fully saturated rings. The molecule has 2 N–H and O–H groups in total. The van der Waals surface area contributed by atoms with Gasteiger partial charge in [0.25, 0.3) is 5.91 Å². The van der Waals surface area contributed by atoms with Crippen molar-refractivity contribution in [2.45, 2.75) is 20.0 Å². The van der Waals surface area contributed by atoms with Crippen molar-refractivity contribution in [1.82, 2.24) is 15.5 Å². The van der Waals surface area contributed by atoms with Crippen LogP contribution < -0.4 is 10.6 Å². The maximum absolute atomic E-state index is 11.9. The molecule has 0 unspecified atom stereocenters. The van der Waals surface area contributed by atoms with Crippen LogP contribution in [0.3, 0.4) is 0 Å². The van der Waals surface area contributed by atoms with Gasteiger partial charge >= 0.3 is 0 Å². The van der Waals surface area contributed by atoms with E-state index in [0.717, 1.165) is 23.8 Å². The van der Waals surface area contributed by atoms with Crippen LogP contribution in [0.15, 0.2) is 52.1 Å². The van der Waals surface area contributed by atoms with Crippen molar-refractivity contribution in [3.8, 4) is 0 Å². The molecule has 0 saturated heterocycles. The fourth-order valence-corrected chi connectivity index (χ4v) is 2.11. The molecule has 24 heavy (non-hydrogen) atoms. The van der Waals surface area contributed by atoms with Gasteiger partial charge in [0.05, 0.1) is 19.4 Å². The number of guanidine groups is 1. The Balaban J connectivity index is 1.96. The highest BCUT2D eigenvalue weighted by molar-refractivity contribution is 5.93. The molecular weight excluding hydrogens is 304 g/mol. The minimum Gasteiger partial charge on any atom is -0.467 e. The molecule has 1 amide bonds. The van der Waals surface area contributed by atoms with Crippen LogP contribution in [0.4, 0.5) is 0 Å². The molecule has 1 aromatic carbocycles. The molecule has 1 aromatic heterocycles. The molecule has 0 aliphatic carbocycles. The molecule has 0 radical (unpaired) electrons. The van der Waals surface area contributed by atoms with Gasteiger partial charge in [-0.1, -0.05) is 12.1 Å². The van der Waals surface area contributed by atoms with E-state index in [2.05, 4.69) is 15.6 Å². The Kier molecular flexibility index (Phi) is 6.42. The molecule has 2 aromatic rings. The van der Waals surface area contributed by atoms with E-state index in [4.69, 9.17) is 4.42 Å². The Labute approximate surface area is 142 Å². The minimum absolute atomic E-state index is 0.00138. The Morgan fingerprint density at radius 3 is 2.50 bits per heavy atom. The Morgan fingerprint density at radius 1 is 1.17 bits per heavy atom. The number of hydrogen-bond acceptors (Lipinski definition) is 3. The fourth-order valence-electron chi connectivity index (χ4n) is 2.11. The van der Waals surface area contributed by atoms with Gasteiger partial charge in [-0.3, -0.25) is 4.79 Å². The first-order valence-corrected chi connectivity index (χ1v) is 7.95. The quantitative estimate of drug-likeness (QED) is 0.630. The van der Waals surface area contributed by atoms with Crippen LogP contribution in [-0.2, 0) is 13.1 Å². The van der Waals surface area contributed by atoms with Gasteiger partial charge in [0, 0.05) is 26.2 Å². The summed E-state index contributed by atoms with van der Waals surface area (Å²) in [7, 11) is 3.49. The third kappa shape index (κ3) is 5.15.